The topological polar surface area (TPSA) is 36.9 Å². The van der Waals surface area contributed by atoms with Crippen LogP contribution in [-0.2, 0) is 18.9 Å². The monoisotopic (exact) mass is 446 g/mol. The fourth-order valence-corrected chi connectivity index (χ4v) is 9.32. The van der Waals surface area contributed by atoms with Gasteiger partial charge in [0.15, 0.2) is 0 Å². The van der Waals surface area contributed by atoms with Crippen LogP contribution in [0.25, 0.3) is 0 Å². The van der Waals surface area contributed by atoms with Crippen molar-refractivity contribution < 1.29 is 18.9 Å². The maximum atomic E-state index is 5.25. The minimum atomic E-state index is -0.214. The molecule has 0 saturated carbocycles. The van der Waals surface area contributed by atoms with Crippen molar-refractivity contribution in [2.45, 2.75) is 62.4 Å². The second-order valence-electron chi connectivity index (χ2n) is 5.92. The van der Waals surface area contributed by atoms with Gasteiger partial charge in [-0.3, -0.25) is 0 Å². The van der Waals surface area contributed by atoms with Crippen molar-refractivity contribution in [3.05, 3.63) is 0 Å². The van der Waals surface area contributed by atoms with E-state index in [1.54, 1.807) is 28.4 Å². The third kappa shape index (κ3) is 18.5. The summed E-state index contributed by atoms with van der Waals surface area (Å²) in [5, 5.41) is 0. The molecule has 0 atom stereocenters. The van der Waals surface area contributed by atoms with Crippen LogP contribution in [0.1, 0.15) is 38.5 Å². The number of rotatable bonds is 20. The van der Waals surface area contributed by atoms with E-state index in [4.69, 9.17) is 18.9 Å². The molecular formula is C16H38O4S3Si2. The first kappa shape index (κ1) is 26.3. The summed E-state index contributed by atoms with van der Waals surface area (Å²) >= 11 is 0. The van der Waals surface area contributed by atoms with E-state index in [9.17, 15) is 0 Å². The SMILES string of the molecule is COC(OC)[SiH2]CCCCCSSSCCCCC[SiH2]C(OC)OC. The molecule has 0 aromatic rings. The summed E-state index contributed by atoms with van der Waals surface area (Å²) in [5.74, 6) is 2.78. The molecule has 0 fully saturated rings. The Bertz CT molecular complexity index is 238. The zero-order valence-corrected chi connectivity index (χ0v) is 21.8. The Hall–Kier alpha value is 1.32. The van der Waals surface area contributed by atoms with Gasteiger partial charge in [-0.2, -0.15) is 0 Å². The second kappa shape index (κ2) is 21.6. The molecule has 0 spiro atoms. The van der Waals surface area contributed by atoms with Gasteiger partial charge in [0.2, 0.25) is 0 Å². The summed E-state index contributed by atoms with van der Waals surface area (Å²) in [6.07, 6.45) is 8.04. The number of unbranched alkanes of at least 4 members (excludes halogenated alkanes) is 4. The first-order valence-corrected chi connectivity index (χ1v) is 16.8. The van der Waals surface area contributed by atoms with E-state index in [0.29, 0.717) is 0 Å². The molecule has 0 aliphatic carbocycles. The van der Waals surface area contributed by atoms with Gasteiger partial charge in [-0.1, -0.05) is 59.4 Å². The molecular weight excluding hydrogens is 409 g/mol. The summed E-state index contributed by atoms with van der Waals surface area (Å²) in [7, 11) is 12.6. The average Bonchev–Trinajstić information content (AvgIpc) is 2.64. The van der Waals surface area contributed by atoms with Gasteiger partial charge in [0, 0.05) is 39.9 Å². The molecule has 4 nitrogen and oxygen atoms in total. The molecule has 0 bridgehead atoms. The van der Waals surface area contributed by atoms with Gasteiger partial charge < -0.3 is 18.9 Å². The Morgan fingerprint density at radius 3 is 1.36 bits per heavy atom. The van der Waals surface area contributed by atoms with E-state index < -0.39 is 0 Å². The van der Waals surface area contributed by atoms with Crippen LogP contribution >= 0.6 is 31.4 Å². The van der Waals surface area contributed by atoms with Gasteiger partial charge >= 0.3 is 0 Å². The Balaban J connectivity index is 3.12. The summed E-state index contributed by atoms with van der Waals surface area (Å²) in [6.45, 7) is 0. The van der Waals surface area contributed by atoms with Crippen LogP contribution in [0.15, 0.2) is 0 Å². The van der Waals surface area contributed by atoms with Crippen LogP contribution in [0.2, 0.25) is 12.1 Å². The molecule has 0 unspecified atom stereocenters. The van der Waals surface area contributed by atoms with Crippen LogP contribution < -0.4 is 0 Å². The number of hydrogen-bond acceptors (Lipinski definition) is 7. The summed E-state index contributed by atoms with van der Waals surface area (Å²) < 4.78 is 21.0. The lowest BCUT2D eigenvalue weighted by atomic mass is 10.3. The maximum absolute atomic E-state index is 5.25. The van der Waals surface area contributed by atoms with Crippen molar-refractivity contribution in [3.63, 3.8) is 0 Å². The predicted octanol–water partition coefficient (Wildman–Crippen LogP) is 3.68. The van der Waals surface area contributed by atoms with Crippen LogP contribution in [0.5, 0.6) is 0 Å². The van der Waals surface area contributed by atoms with Crippen LogP contribution in [-0.4, -0.2) is 70.8 Å². The minimum Gasteiger partial charge on any atom is -0.360 e. The van der Waals surface area contributed by atoms with Gasteiger partial charge in [-0.05, 0) is 22.7 Å². The maximum Gasteiger partial charge on any atom is 0.134 e. The van der Waals surface area contributed by atoms with Crippen molar-refractivity contribution >= 4 is 50.5 Å². The molecule has 0 saturated heterocycles. The molecule has 0 amide bonds. The largest absolute Gasteiger partial charge is 0.360 e. The average molecular weight is 447 g/mol. The number of ether oxygens (including phenoxy) is 4. The highest BCUT2D eigenvalue weighted by Crippen LogP contribution is 2.35. The van der Waals surface area contributed by atoms with Crippen molar-refractivity contribution in [3.8, 4) is 0 Å². The number of methoxy groups -OCH3 is 4. The zero-order valence-electron chi connectivity index (χ0n) is 16.5. The first-order valence-electron chi connectivity index (χ1n) is 9.30. The molecule has 0 heterocycles. The van der Waals surface area contributed by atoms with E-state index in [0.717, 1.165) is 0 Å². The molecule has 152 valence electrons. The third-order valence-corrected chi connectivity index (χ3v) is 12.5. The van der Waals surface area contributed by atoms with Crippen molar-refractivity contribution in [1.29, 1.82) is 0 Å². The molecule has 0 aromatic heterocycles. The summed E-state index contributed by atoms with van der Waals surface area (Å²) in [6, 6.07) is 2.66. The molecule has 0 rings (SSSR count). The van der Waals surface area contributed by atoms with Gasteiger partial charge in [-0.15, -0.1) is 0 Å². The van der Waals surface area contributed by atoms with E-state index in [1.807, 2.05) is 31.4 Å². The molecule has 0 radical (unpaired) electrons. The zero-order chi connectivity index (χ0) is 18.6. The third-order valence-electron chi connectivity index (χ3n) is 3.98. The Kier molecular flexibility index (Phi) is 22.8. The van der Waals surface area contributed by atoms with Crippen molar-refractivity contribution in [1.82, 2.24) is 0 Å². The van der Waals surface area contributed by atoms with Gasteiger partial charge in [0.1, 0.15) is 11.8 Å². The molecule has 0 aromatic carbocycles. The van der Waals surface area contributed by atoms with Crippen molar-refractivity contribution in [2.24, 2.45) is 0 Å². The highest BCUT2D eigenvalue weighted by Gasteiger charge is 2.05. The van der Waals surface area contributed by atoms with Gasteiger partial charge in [0.05, 0.1) is 19.0 Å². The van der Waals surface area contributed by atoms with Crippen LogP contribution in [0.3, 0.4) is 0 Å². The van der Waals surface area contributed by atoms with E-state index >= 15 is 0 Å². The molecule has 25 heavy (non-hydrogen) atoms. The molecule has 0 aliphatic rings. The second-order valence-corrected chi connectivity index (χ2v) is 14.3. The summed E-state index contributed by atoms with van der Waals surface area (Å²) in [4.78, 5) is 0. The summed E-state index contributed by atoms with van der Waals surface area (Å²) in [5.41, 5.74) is 0. The van der Waals surface area contributed by atoms with Crippen molar-refractivity contribution in [2.75, 3.05) is 39.9 Å². The smallest absolute Gasteiger partial charge is 0.134 e. The van der Waals surface area contributed by atoms with E-state index in [1.165, 1.54) is 62.1 Å². The minimum absolute atomic E-state index is 0.116. The Morgan fingerprint density at radius 2 is 1.00 bits per heavy atom. The molecule has 9 heteroatoms. The highest BCUT2D eigenvalue weighted by molar-refractivity contribution is 9.09. The standard InChI is InChI=1S/C16H38O4S3Si2/c1-17-15(18-2)24-13-9-5-7-11-21-23-22-12-8-6-10-14-25-16(19-3)20-4/h15-16H,5-14,24-25H2,1-4H3. The lowest BCUT2D eigenvalue weighted by Gasteiger charge is -2.12. The van der Waals surface area contributed by atoms with E-state index in [-0.39, 0.29) is 30.9 Å². The lowest BCUT2D eigenvalue weighted by molar-refractivity contribution is -0.0442. The molecule has 0 N–H and O–H groups in total. The normalized spacial score (nSPS) is 12.7. The lowest BCUT2D eigenvalue weighted by Crippen LogP contribution is -2.20. The van der Waals surface area contributed by atoms with Crippen LogP contribution in [0, 0.1) is 0 Å². The van der Waals surface area contributed by atoms with Crippen LogP contribution in [0.4, 0.5) is 0 Å². The number of hydrogen-bond donors (Lipinski definition) is 0. The first-order chi connectivity index (χ1) is 12.3. The fourth-order valence-electron chi connectivity index (χ4n) is 2.42. The Labute approximate surface area is 171 Å². The quantitative estimate of drug-likeness (QED) is 0.122. The van der Waals surface area contributed by atoms with Gasteiger partial charge in [-0.25, -0.2) is 0 Å². The van der Waals surface area contributed by atoms with Gasteiger partial charge in [0.25, 0.3) is 0 Å². The molecule has 0 aliphatic heterocycles. The fraction of sp³-hybridized carbons (Fsp3) is 1.00. The Morgan fingerprint density at radius 1 is 0.600 bits per heavy atom. The van der Waals surface area contributed by atoms with E-state index in [2.05, 4.69) is 0 Å². The predicted molar refractivity (Wildman–Crippen MR) is 123 cm³/mol. The highest BCUT2D eigenvalue weighted by atomic mass is 33.5.